The maximum atomic E-state index is 12.0. The number of halogens is 2. The SMILES string of the molecule is CC(CCCNS(=O)(=O)c1ccc(Cl)c(Br)c1)C(=O)O. The van der Waals surface area contributed by atoms with Crippen LogP contribution in [-0.4, -0.2) is 26.0 Å². The molecule has 0 heterocycles. The minimum Gasteiger partial charge on any atom is -0.481 e. The summed E-state index contributed by atoms with van der Waals surface area (Å²) in [7, 11) is -3.60. The van der Waals surface area contributed by atoms with E-state index in [9.17, 15) is 13.2 Å². The van der Waals surface area contributed by atoms with E-state index in [0.717, 1.165) is 0 Å². The number of sulfonamides is 1. The highest BCUT2D eigenvalue weighted by molar-refractivity contribution is 9.10. The Morgan fingerprint density at radius 1 is 1.50 bits per heavy atom. The molecule has 1 aromatic carbocycles. The average molecular weight is 385 g/mol. The molecule has 0 amide bonds. The first-order valence-corrected chi connectivity index (χ1v) is 8.57. The van der Waals surface area contributed by atoms with Gasteiger partial charge in [-0.15, -0.1) is 0 Å². The zero-order chi connectivity index (χ0) is 15.3. The highest BCUT2D eigenvalue weighted by Gasteiger charge is 2.15. The molecule has 5 nitrogen and oxygen atoms in total. The summed E-state index contributed by atoms with van der Waals surface area (Å²) < 4.78 is 26.9. The standard InChI is InChI=1S/C12H15BrClNO4S/c1-8(12(16)17)3-2-6-15-20(18,19)9-4-5-11(14)10(13)7-9/h4-5,7-8,15H,2-3,6H2,1H3,(H,16,17). The Morgan fingerprint density at radius 2 is 2.15 bits per heavy atom. The Bertz CT molecular complexity index is 591. The first-order valence-electron chi connectivity index (χ1n) is 5.91. The van der Waals surface area contributed by atoms with Crippen LogP contribution < -0.4 is 4.72 Å². The van der Waals surface area contributed by atoms with Crippen molar-refractivity contribution < 1.29 is 18.3 Å². The van der Waals surface area contributed by atoms with Gasteiger partial charge in [0.05, 0.1) is 15.8 Å². The van der Waals surface area contributed by atoms with Crippen LogP contribution in [-0.2, 0) is 14.8 Å². The molecule has 0 aromatic heterocycles. The van der Waals surface area contributed by atoms with Gasteiger partial charge < -0.3 is 5.11 Å². The zero-order valence-electron chi connectivity index (χ0n) is 10.8. The monoisotopic (exact) mass is 383 g/mol. The number of carboxylic acids is 1. The number of benzene rings is 1. The van der Waals surface area contributed by atoms with Gasteiger partial charge in [-0.25, -0.2) is 13.1 Å². The maximum absolute atomic E-state index is 12.0. The summed E-state index contributed by atoms with van der Waals surface area (Å²) >= 11 is 8.97. The van der Waals surface area contributed by atoms with E-state index in [1.165, 1.54) is 18.2 Å². The minimum absolute atomic E-state index is 0.111. The second-order valence-corrected chi connectivity index (χ2v) is 7.38. The fraction of sp³-hybridized carbons (Fsp3) is 0.417. The molecular formula is C12H15BrClNO4S. The van der Waals surface area contributed by atoms with Gasteiger partial charge >= 0.3 is 5.97 Å². The molecule has 1 unspecified atom stereocenters. The molecule has 0 aliphatic heterocycles. The van der Waals surface area contributed by atoms with Gasteiger partial charge in [-0.2, -0.15) is 0 Å². The van der Waals surface area contributed by atoms with Crippen molar-refractivity contribution in [2.45, 2.75) is 24.7 Å². The maximum Gasteiger partial charge on any atom is 0.306 e. The van der Waals surface area contributed by atoms with E-state index in [0.29, 0.717) is 22.3 Å². The van der Waals surface area contributed by atoms with Crippen molar-refractivity contribution in [3.8, 4) is 0 Å². The third kappa shape index (κ3) is 5.05. The van der Waals surface area contributed by atoms with E-state index >= 15 is 0 Å². The quantitative estimate of drug-likeness (QED) is 0.708. The minimum atomic E-state index is -3.60. The lowest BCUT2D eigenvalue weighted by Crippen LogP contribution is -2.25. The molecule has 1 aromatic rings. The molecule has 0 fully saturated rings. The molecule has 2 N–H and O–H groups in total. The zero-order valence-corrected chi connectivity index (χ0v) is 13.9. The second-order valence-electron chi connectivity index (χ2n) is 4.36. The molecule has 0 spiro atoms. The number of carboxylic acid groups (broad SMARTS) is 1. The summed E-state index contributed by atoms with van der Waals surface area (Å²) in [5, 5.41) is 9.15. The third-order valence-corrected chi connectivity index (χ3v) is 5.40. The predicted octanol–water partition coefficient (Wildman–Crippen LogP) is 2.88. The summed E-state index contributed by atoms with van der Waals surface area (Å²) in [6.07, 6.45) is 0.879. The van der Waals surface area contributed by atoms with Crippen LogP contribution in [0.1, 0.15) is 19.8 Å². The predicted molar refractivity (Wildman–Crippen MR) is 80.4 cm³/mol. The number of hydrogen-bond donors (Lipinski definition) is 2. The van der Waals surface area contributed by atoms with Gasteiger partial charge in [-0.05, 0) is 47.0 Å². The van der Waals surface area contributed by atoms with Crippen molar-refractivity contribution in [2.24, 2.45) is 5.92 Å². The summed E-state index contributed by atoms with van der Waals surface area (Å²) in [5.74, 6) is -1.36. The Labute approximate surface area is 131 Å². The Kier molecular flexibility index (Phi) is 6.44. The van der Waals surface area contributed by atoms with Gasteiger partial charge in [0.25, 0.3) is 0 Å². The molecule has 8 heteroatoms. The highest BCUT2D eigenvalue weighted by Crippen LogP contribution is 2.25. The van der Waals surface area contributed by atoms with Gasteiger partial charge in [0.2, 0.25) is 10.0 Å². The number of carbonyl (C=O) groups is 1. The highest BCUT2D eigenvalue weighted by atomic mass is 79.9. The molecule has 0 saturated carbocycles. The van der Waals surface area contributed by atoms with E-state index in [2.05, 4.69) is 20.7 Å². The number of nitrogens with one attached hydrogen (secondary N) is 1. The number of hydrogen-bond acceptors (Lipinski definition) is 3. The summed E-state index contributed by atoms with van der Waals surface area (Å²) in [4.78, 5) is 10.7. The summed E-state index contributed by atoms with van der Waals surface area (Å²) in [5.41, 5.74) is 0. The van der Waals surface area contributed by atoms with Crippen LogP contribution in [0.5, 0.6) is 0 Å². The van der Waals surface area contributed by atoms with Crippen molar-refractivity contribution >= 4 is 43.5 Å². The smallest absolute Gasteiger partial charge is 0.306 e. The summed E-state index contributed by atoms with van der Waals surface area (Å²) in [6, 6.07) is 4.33. The van der Waals surface area contributed by atoms with E-state index in [1.54, 1.807) is 6.92 Å². The van der Waals surface area contributed by atoms with Crippen molar-refractivity contribution in [3.05, 3.63) is 27.7 Å². The van der Waals surface area contributed by atoms with E-state index in [4.69, 9.17) is 16.7 Å². The first kappa shape index (κ1) is 17.4. The van der Waals surface area contributed by atoms with E-state index in [1.807, 2.05) is 0 Å². The van der Waals surface area contributed by atoms with Gasteiger partial charge in [0.15, 0.2) is 0 Å². The Morgan fingerprint density at radius 3 is 2.70 bits per heavy atom. The van der Waals surface area contributed by atoms with E-state index < -0.39 is 21.9 Å². The molecule has 0 aliphatic carbocycles. The van der Waals surface area contributed by atoms with Crippen LogP contribution in [0.2, 0.25) is 5.02 Å². The molecule has 112 valence electrons. The Balaban J connectivity index is 2.58. The number of rotatable bonds is 7. The molecule has 1 atom stereocenters. The first-order chi connectivity index (χ1) is 9.24. The van der Waals surface area contributed by atoms with Gasteiger partial charge in [-0.3, -0.25) is 4.79 Å². The Hall–Kier alpha value is -0.630. The van der Waals surface area contributed by atoms with Crippen LogP contribution in [0.3, 0.4) is 0 Å². The lowest BCUT2D eigenvalue weighted by atomic mass is 10.1. The molecule has 0 saturated heterocycles. The van der Waals surface area contributed by atoms with E-state index in [-0.39, 0.29) is 11.4 Å². The molecule has 0 aliphatic rings. The van der Waals surface area contributed by atoms with Crippen LogP contribution >= 0.6 is 27.5 Å². The fourth-order valence-corrected chi connectivity index (χ4v) is 3.21. The summed E-state index contributed by atoms with van der Waals surface area (Å²) in [6.45, 7) is 1.79. The molecular weight excluding hydrogens is 370 g/mol. The van der Waals surface area contributed by atoms with Crippen LogP contribution in [0.4, 0.5) is 0 Å². The van der Waals surface area contributed by atoms with Crippen molar-refractivity contribution in [1.82, 2.24) is 4.72 Å². The van der Waals surface area contributed by atoms with Gasteiger partial charge in [0, 0.05) is 11.0 Å². The molecule has 1 rings (SSSR count). The molecule has 20 heavy (non-hydrogen) atoms. The average Bonchev–Trinajstić information content (AvgIpc) is 2.37. The third-order valence-electron chi connectivity index (χ3n) is 2.73. The molecule has 0 bridgehead atoms. The van der Waals surface area contributed by atoms with Gasteiger partial charge in [0.1, 0.15) is 0 Å². The largest absolute Gasteiger partial charge is 0.481 e. The lowest BCUT2D eigenvalue weighted by molar-refractivity contribution is -0.141. The van der Waals surface area contributed by atoms with Gasteiger partial charge in [-0.1, -0.05) is 18.5 Å². The fourth-order valence-electron chi connectivity index (χ4n) is 1.47. The molecule has 0 radical (unpaired) electrons. The number of aliphatic carboxylic acids is 1. The van der Waals surface area contributed by atoms with Crippen molar-refractivity contribution in [3.63, 3.8) is 0 Å². The lowest BCUT2D eigenvalue weighted by Gasteiger charge is -2.09. The van der Waals surface area contributed by atoms with Crippen LogP contribution in [0.15, 0.2) is 27.6 Å². The van der Waals surface area contributed by atoms with Crippen molar-refractivity contribution in [1.29, 1.82) is 0 Å². The van der Waals surface area contributed by atoms with Crippen LogP contribution in [0, 0.1) is 5.92 Å². The van der Waals surface area contributed by atoms with Crippen LogP contribution in [0.25, 0.3) is 0 Å². The normalized spacial score (nSPS) is 13.2. The van der Waals surface area contributed by atoms with Crippen molar-refractivity contribution in [2.75, 3.05) is 6.54 Å². The second kappa shape index (κ2) is 7.40. The topological polar surface area (TPSA) is 83.5 Å².